The number of benzene rings is 1. The highest BCUT2D eigenvalue weighted by atomic mass is 79.9. The second kappa shape index (κ2) is 4.62. The van der Waals surface area contributed by atoms with Crippen LogP contribution in [0.1, 0.15) is 6.42 Å². The minimum Gasteiger partial charge on any atom is -0.495 e. The van der Waals surface area contributed by atoms with E-state index in [2.05, 4.69) is 15.9 Å². The van der Waals surface area contributed by atoms with E-state index in [-0.39, 0.29) is 18.4 Å². The quantitative estimate of drug-likeness (QED) is 0.904. The molecule has 0 spiro atoms. The van der Waals surface area contributed by atoms with E-state index in [1.807, 2.05) is 0 Å². The van der Waals surface area contributed by atoms with Crippen molar-refractivity contribution >= 4 is 27.5 Å². The molecule has 1 atom stereocenters. The number of carbonyl (C=O) groups excluding carboxylic acids is 1. The van der Waals surface area contributed by atoms with Crippen LogP contribution >= 0.6 is 15.9 Å². The zero-order valence-corrected chi connectivity index (χ0v) is 10.8. The molecule has 0 aromatic heterocycles. The van der Waals surface area contributed by atoms with Gasteiger partial charge in [-0.3, -0.25) is 4.79 Å². The molecule has 1 aliphatic rings. The van der Waals surface area contributed by atoms with E-state index in [9.17, 15) is 9.18 Å². The molecule has 92 valence electrons. The van der Waals surface area contributed by atoms with Crippen LogP contribution in [0, 0.1) is 5.82 Å². The van der Waals surface area contributed by atoms with Crippen molar-refractivity contribution in [3.63, 3.8) is 0 Å². The molecule has 0 bridgehead atoms. The molecule has 17 heavy (non-hydrogen) atoms. The summed E-state index contributed by atoms with van der Waals surface area (Å²) >= 11 is 3.07. The number of hydrogen-bond donors (Lipinski definition) is 1. The molecule has 1 saturated heterocycles. The van der Waals surface area contributed by atoms with Crippen molar-refractivity contribution < 1.29 is 13.9 Å². The zero-order valence-electron chi connectivity index (χ0n) is 9.24. The fraction of sp³-hybridized carbons (Fsp3) is 0.364. The van der Waals surface area contributed by atoms with E-state index >= 15 is 0 Å². The highest BCUT2D eigenvalue weighted by Gasteiger charge is 2.30. The summed E-state index contributed by atoms with van der Waals surface area (Å²) in [5.41, 5.74) is 6.13. The second-order valence-corrected chi connectivity index (χ2v) is 4.76. The first kappa shape index (κ1) is 12.3. The van der Waals surface area contributed by atoms with Gasteiger partial charge < -0.3 is 15.4 Å². The number of anilines is 1. The van der Waals surface area contributed by atoms with Gasteiger partial charge in [-0.25, -0.2) is 4.39 Å². The van der Waals surface area contributed by atoms with Gasteiger partial charge in [0.2, 0.25) is 5.91 Å². The van der Waals surface area contributed by atoms with Crippen LogP contribution in [0.3, 0.4) is 0 Å². The van der Waals surface area contributed by atoms with Gasteiger partial charge >= 0.3 is 0 Å². The monoisotopic (exact) mass is 302 g/mol. The first-order valence-corrected chi connectivity index (χ1v) is 5.91. The van der Waals surface area contributed by atoms with Gasteiger partial charge in [-0.1, -0.05) is 0 Å². The molecule has 1 aliphatic heterocycles. The third-order valence-corrected chi connectivity index (χ3v) is 3.28. The van der Waals surface area contributed by atoms with Gasteiger partial charge in [0.1, 0.15) is 11.6 Å². The summed E-state index contributed by atoms with van der Waals surface area (Å²) in [7, 11) is 1.48. The standard InChI is InChI=1S/C11H12BrFN2O2/c1-17-10-3-7(12)8(13)4-9(10)15-5-6(14)2-11(15)16/h3-4,6H,2,5,14H2,1H3. The molecule has 1 fully saturated rings. The summed E-state index contributed by atoms with van der Waals surface area (Å²) in [6, 6.07) is 2.57. The summed E-state index contributed by atoms with van der Waals surface area (Å²) in [4.78, 5) is 13.2. The molecule has 0 radical (unpaired) electrons. The fourth-order valence-electron chi connectivity index (χ4n) is 1.86. The summed E-state index contributed by atoms with van der Waals surface area (Å²) in [6.07, 6.45) is 0.279. The van der Waals surface area contributed by atoms with E-state index in [4.69, 9.17) is 10.5 Å². The maximum atomic E-state index is 13.5. The Hall–Kier alpha value is -1.14. The van der Waals surface area contributed by atoms with Crippen molar-refractivity contribution in [1.29, 1.82) is 0 Å². The van der Waals surface area contributed by atoms with E-state index in [1.165, 1.54) is 24.1 Å². The zero-order chi connectivity index (χ0) is 12.6. The van der Waals surface area contributed by atoms with Crippen molar-refractivity contribution in [3.8, 4) is 5.75 Å². The summed E-state index contributed by atoms with van der Waals surface area (Å²) in [6.45, 7) is 0.385. The van der Waals surface area contributed by atoms with Crippen molar-refractivity contribution in [2.75, 3.05) is 18.6 Å². The highest BCUT2D eigenvalue weighted by molar-refractivity contribution is 9.10. The number of hydrogen-bond acceptors (Lipinski definition) is 3. The number of halogens is 2. The molecule has 2 N–H and O–H groups in total. The molecule has 4 nitrogen and oxygen atoms in total. The lowest BCUT2D eigenvalue weighted by Crippen LogP contribution is -2.28. The van der Waals surface area contributed by atoms with Gasteiger partial charge in [-0.2, -0.15) is 0 Å². The molecule has 6 heteroatoms. The highest BCUT2D eigenvalue weighted by Crippen LogP contribution is 2.35. The topological polar surface area (TPSA) is 55.6 Å². The van der Waals surface area contributed by atoms with Gasteiger partial charge in [-0.05, 0) is 22.0 Å². The first-order valence-electron chi connectivity index (χ1n) is 5.12. The minimum absolute atomic E-state index is 0.113. The number of nitrogens with zero attached hydrogens (tertiary/aromatic N) is 1. The lowest BCUT2D eigenvalue weighted by atomic mass is 10.2. The number of amides is 1. The molecular weight excluding hydrogens is 291 g/mol. The predicted molar refractivity (Wildman–Crippen MR) is 65.6 cm³/mol. The second-order valence-electron chi connectivity index (χ2n) is 3.91. The normalized spacial score (nSPS) is 19.9. The third kappa shape index (κ3) is 2.28. The number of methoxy groups -OCH3 is 1. The Balaban J connectivity index is 2.44. The van der Waals surface area contributed by atoms with Crippen LogP contribution in [-0.4, -0.2) is 25.6 Å². The van der Waals surface area contributed by atoms with Crippen LogP contribution in [0.5, 0.6) is 5.75 Å². The molecule has 2 rings (SSSR count). The first-order chi connectivity index (χ1) is 8.02. The molecule has 0 aliphatic carbocycles. The Labute approximate surface area is 107 Å². The maximum Gasteiger partial charge on any atom is 0.228 e. The van der Waals surface area contributed by atoms with Crippen LogP contribution in [0.15, 0.2) is 16.6 Å². The van der Waals surface area contributed by atoms with Gasteiger partial charge in [0.25, 0.3) is 0 Å². The Bertz CT molecular complexity index is 467. The maximum absolute atomic E-state index is 13.5. The van der Waals surface area contributed by atoms with Crippen LogP contribution in [-0.2, 0) is 4.79 Å². The minimum atomic E-state index is -0.436. The van der Waals surface area contributed by atoms with Crippen LogP contribution in [0.25, 0.3) is 0 Å². The van der Waals surface area contributed by atoms with Crippen LogP contribution in [0.2, 0.25) is 0 Å². The molecular formula is C11H12BrFN2O2. The average Bonchev–Trinajstić information content (AvgIpc) is 2.61. The van der Waals surface area contributed by atoms with Crippen LogP contribution in [0.4, 0.5) is 10.1 Å². The van der Waals surface area contributed by atoms with Crippen molar-refractivity contribution in [3.05, 3.63) is 22.4 Å². The molecule has 1 amide bonds. The Morgan fingerprint density at radius 3 is 2.82 bits per heavy atom. The SMILES string of the molecule is COc1cc(Br)c(F)cc1N1CC(N)CC1=O. The van der Waals surface area contributed by atoms with Gasteiger partial charge in [-0.15, -0.1) is 0 Å². The lowest BCUT2D eigenvalue weighted by molar-refractivity contribution is -0.117. The summed E-state index contributed by atoms with van der Waals surface area (Å²) in [5.74, 6) is -0.104. The van der Waals surface area contributed by atoms with Gasteiger partial charge in [0.15, 0.2) is 0 Å². The van der Waals surface area contributed by atoms with Gasteiger partial charge in [0.05, 0.1) is 17.3 Å². The van der Waals surface area contributed by atoms with Crippen molar-refractivity contribution in [1.82, 2.24) is 0 Å². The third-order valence-electron chi connectivity index (χ3n) is 2.67. The number of rotatable bonds is 2. The van der Waals surface area contributed by atoms with Crippen molar-refractivity contribution in [2.45, 2.75) is 12.5 Å². The molecule has 1 unspecified atom stereocenters. The van der Waals surface area contributed by atoms with E-state index in [1.54, 1.807) is 0 Å². The summed E-state index contributed by atoms with van der Waals surface area (Å²) < 4.78 is 18.9. The average molecular weight is 303 g/mol. The number of ether oxygens (including phenoxy) is 1. The van der Waals surface area contributed by atoms with Gasteiger partial charge in [0, 0.05) is 25.1 Å². The van der Waals surface area contributed by atoms with Crippen molar-refractivity contribution in [2.24, 2.45) is 5.73 Å². The molecule has 1 aromatic rings. The predicted octanol–water partition coefficient (Wildman–Crippen LogP) is 1.66. The number of carbonyl (C=O) groups is 1. The Morgan fingerprint density at radius 2 is 2.29 bits per heavy atom. The Morgan fingerprint density at radius 1 is 1.59 bits per heavy atom. The fourth-order valence-corrected chi connectivity index (χ4v) is 2.18. The molecule has 1 heterocycles. The molecule has 0 saturated carbocycles. The lowest BCUT2D eigenvalue weighted by Gasteiger charge is -2.19. The summed E-state index contributed by atoms with van der Waals surface area (Å²) in [5, 5.41) is 0. The number of nitrogens with two attached hydrogens (primary N) is 1. The van der Waals surface area contributed by atoms with Crippen LogP contribution < -0.4 is 15.4 Å². The van der Waals surface area contributed by atoms with E-state index in [0.29, 0.717) is 22.5 Å². The largest absolute Gasteiger partial charge is 0.495 e. The molecule has 1 aromatic carbocycles. The smallest absolute Gasteiger partial charge is 0.228 e. The van der Waals surface area contributed by atoms with E-state index in [0.717, 1.165) is 0 Å². The van der Waals surface area contributed by atoms with E-state index < -0.39 is 5.82 Å². The Kier molecular flexibility index (Phi) is 3.35.